The van der Waals surface area contributed by atoms with E-state index in [1.54, 1.807) is 19.1 Å². The maximum absolute atomic E-state index is 12.2. The smallest absolute Gasteiger partial charge is 0.275 e. The van der Waals surface area contributed by atoms with Gasteiger partial charge in [-0.2, -0.15) is 5.10 Å². The average molecular weight is 386 g/mol. The van der Waals surface area contributed by atoms with Gasteiger partial charge in [-0.3, -0.25) is 4.79 Å². The summed E-state index contributed by atoms with van der Waals surface area (Å²) in [5.74, 6) is -0.565. The number of aryl methyl sites for hydroxylation is 1. The van der Waals surface area contributed by atoms with Gasteiger partial charge < -0.3 is 10.1 Å². The molecule has 1 heterocycles. The molecule has 122 valence electrons. The zero-order valence-corrected chi connectivity index (χ0v) is 14.8. The Morgan fingerprint density at radius 3 is 2.79 bits per heavy atom. The largest absolute Gasteiger partial charge is 0.507 e. The molecule has 3 rings (SSSR count). The summed E-state index contributed by atoms with van der Waals surface area (Å²) in [5.41, 5.74) is 6.30. The molecule has 3 aromatic rings. The van der Waals surface area contributed by atoms with Gasteiger partial charge in [0.05, 0.1) is 17.0 Å². The lowest BCUT2D eigenvalue weighted by atomic mass is 10.2. The number of hydrazone groups is 1. The number of fused-ring (bicyclic) bond motifs is 1. The number of H-pyrrole nitrogens is 1. The predicted molar refractivity (Wildman–Crippen MR) is 98.5 cm³/mol. The molecule has 0 aliphatic heterocycles. The number of aromatic nitrogens is 1. The number of carbonyl (C=O) groups is 1. The van der Waals surface area contributed by atoms with E-state index in [0.29, 0.717) is 10.2 Å². The topological polar surface area (TPSA) is 77.5 Å². The lowest BCUT2D eigenvalue weighted by Gasteiger charge is -2.04. The highest BCUT2D eigenvalue weighted by Gasteiger charge is 2.11. The van der Waals surface area contributed by atoms with Gasteiger partial charge in [0.1, 0.15) is 5.75 Å². The van der Waals surface area contributed by atoms with Gasteiger partial charge in [0.25, 0.3) is 5.91 Å². The SMILES string of the molecule is CC(=NNC(=O)c1cc(Br)ccc1O)c1cc2cc(C)ccc2[nH]1. The number of aromatic amines is 1. The van der Waals surface area contributed by atoms with Crippen molar-refractivity contribution in [1.82, 2.24) is 10.4 Å². The van der Waals surface area contributed by atoms with Crippen LogP contribution in [-0.4, -0.2) is 21.7 Å². The van der Waals surface area contributed by atoms with Crippen molar-refractivity contribution in [3.63, 3.8) is 0 Å². The summed E-state index contributed by atoms with van der Waals surface area (Å²) in [6.45, 7) is 3.84. The van der Waals surface area contributed by atoms with E-state index in [2.05, 4.69) is 37.5 Å². The average Bonchev–Trinajstić information content (AvgIpc) is 2.97. The number of hydrogen-bond donors (Lipinski definition) is 3. The molecule has 0 atom stereocenters. The zero-order valence-electron chi connectivity index (χ0n) is 13.2. The Kier molecular flexibility index (Phi) is 4.40. The predicted octanol–water partition coefficient (Wildman–Crippen LogP) is 4.10. The molecule has 1 amide bonds. The van der Waals surface area contributed by atoms with Gasteiger partial charge >= 0.3 is 0 Å². The Morgan fingerprint density at radius 1 is 1.21 bits per heavy atom. The molecular weight excluding hydrogens is 370 g/mol. The summed E-state index contributed by atoms with van der Waals surface area (Å²) in [6.07, 6.45) is 0. The van der Waals surface area contributed by atoms with Gasteiger partial charge in [-0.1, -0.05) is 27.6 Å². The maximum atomic E-state index is 12.2. The van der Waals surface area contributed by atoms with E-state index < -0.39 is 5.91 Å². The highest BCUT2D eigenvalue weighted by atomic mass is 79.9. The molecule has 3 N–H and O–H groups in total. The summed E-state index contributed by atoms with van der Waals surface area (Å²) in [7, 11) is 0. The highest BCUT2D eigenvalue weighted by Crippen LogP contribution is 2.22. The minimum absolute atomic E-state index is 0.0929. The van der Waals surface area contributed by atoms with Crippen LogP contribution in [0.5, 0.6) is 5.75 Å². The maximum Gasteiger partial charge on any atom is 0.275 e. The molecule has 2 aromatic carbocycles. The molecule has 1 aromatic heterocycles. The van der Waals surface area contributed by atoms with Crippen LogP contribution in [0.1, 0.15) is 28.5 Å². The minimum Gasteiger partial charge on any atom is -0.507 e. The van der Waals surface area contributed by atoms with Crippen molar-refractivity contribution in [2.45, 2.75) is 13.8 Å². The Hall–Kier alpha value is -2.60. The van der Waals surface area contributed by atoms with E-state index >= 15 is 0 Å². The van der Waals surface area contributed by atoms with Crippen LogP contribution in [0.3, 0.4) is 0 Å². The van der Waals surface area contributed by atoms with Crippen molar-refractivity contribution in [3.05, 3.63) is 63.8 Å². The van der Waals surface area contributed by atoms with Gasteiger partial charge in [-0.25, -0.2) is 5.43 Å². The van der Waals surface area contributed by atoms with E-state index in [1.165, 1.54) is 11.6 Å². The Morgan fingerprint density at radius 2 is 2.00 bits per heavy atom. The number of carbonyl (C=O) groups excluding carboxylic acids is 1. The number of halogens is 1. The third-order valence-corrected chi connectivity index (χ3v) is 4.19. The number of amides is 1. The van der Waals surface area contributed by atoms with E-state index in [9.17, 15) is 9.90 Å². The number of hydrogen-bond acceptors (Lipinski definition) is 3. The number of phenols is 1. The molecule has 5 nitrogen and oxygen atoms in total. The lowest BCUT2D eigenvalue weighted by molar-refractivity contribution is 0.0952. The van der Waals surface area contributed by atoms with Crippen LogP contribution in [-0.2, 0) is 0 Å². The molecule has 0 saturated heterocycles. The third kappa shape index (κ3) is 3.33. The van der Waals surface area contributed by atoms with E-state index in [0.717, 1.165) is 16.6 Å². The fourth-order valence-corrected chi connectivity index (χ4v) is 2.75. The fourth-order valence-electron chi connectivity index (χ4n) is 2.39. The van der Waals surface area contributed by atoms with Crippen molar-refractivity contribution in [1.29, 1.82) is 0 Å². The summed E-state index contributed by atoms with van der Waals surface area (Å²) in [5, 5.41) is 15.0. The molecular formula is C18H16BrN3O2. The number of nitrogens with zero attached hydrogens (tertiary/aromatic N) is 1. The molecule has 24 heavy (non-hydrogen) atoms. The molecule has 0 bridgehead atoms. The monoisotopic (exact) mass is 385 g/mol. The highest BCUT2D eigenvalue weighted by molar-refractivity contribution is 9.10. The molecule has 0 radical (unpaired) electrons. The van der Waals surface area contributed by atoms with E-state index in [4.69, 9.17) is 0 Å². The van der Waals surface area contributed by atoms with Crippen LogP contribution >= 0.6 is 15.9 Å². The fraction of sp³-hybridized carbons (Fsp3) is 0.111. The van der Waals surface area contributed by atoms with Gasteiger partial charge in [0, 0.05) is 15.4 Å². The second-order valence-corrected chi connectivity index (χ2v) is 6.49. The second-order valence-electron chi connectivity index (χ2n) is 5.57. The van der Waals surface area contributed by atoms with Crippen LogP contribution < -0.4 is 5.43 Å². The van der Waals surface area contributed by atoms with Crippen molar-refractivity contribution < 1.29 is 9.90 Å². The number of rotatable bonds is 3. The minimum atomic E-state index is -0.472. The number of aromatic hydroxyl groups is 1. The Balaban J connectivity index is 1.82. The number of nitrogens with one attached hydrogen (secondary N) is 2. The third-order valence-electron chi connectivity index (χ3n) is 3.69. The Bertz CT molecular complexity index is 960. The molecule has 0 fully saturated rings. The van der Waals surface area contributed by atoms with Gasteiger partial charge in [-0.05, 0) is 50.2 Å². The number of benzene rings is 2. The van der Waals surface area contributed by atoms with Crippen molar-refractivity contribution in [2.75, 3.05) is 0 Å². The first-order valence-corrected chi connectivity index (χ1v) is 8.16. The summed E-state index contributed by atoms with van der Waals surface area (Å²) >= 11 is 3.27. The standard InChI is InChI=1S/C18H16BrN3O2/c1-10-3-5-15-12(7-10)8-16(20-15)11(2)21-22-18(24)14-9-13(19)4-6-17(14)23/h3-9,20,23H,1-2H3,(H,22,24). The molecule has 0 aliphatic carbocycles. The molecule has 0 aliphatic rings. The van der Waals surface area contributed by atoms with Crippen molar-refractivity contribution >= 4 is 38.5 Å². The van der Waals surface area contributed by atoms with E-state index in [1.807, 2.05) is 25.1 Å². The van der Waals surface area contributed by atoms with Crippen LogP contribution in [0.4, 0.5) is 0 Å². The van der Waals surface area contributed by atoms with Gasteiger partial charge in [-0.15, -0.1) is 0 Å². The van der Waals surface area contributed by atoms with Crippen molar-refractivity contribution in [3.8, 4) is 5.75 Å². The van der Waals surface area contributed by atoms with Crippen LogP contribution in [0.2, 0.25) is 0 Å². The zero-order chi connectivity index (χ0) is 17.3. The van der Waals surface area contributed by atoms with Crippen molar-refractivity contribution in [2.24, 2.45) is 5.10 Å². The Labute approximate surface area is 147 Å². The summed E-state index contributed by atoms with van der Waals surface area (Å²) < 4.78 is 0.706. The molecule has 0 unspecified atom stereocenters. The van der Waals surface area contributed by atoms with Gasteiger partial charge in [0.15, 0.2) is 0 Å². The van der Waals surface area contributed by atoms with Crippen LogP contribution in [0.25, 0.3) is 10.9 Å². The normalized spacial score (nSPS) is 11.7. The second kappa shape index (κ2) is 6.49. The van der Waals surface area contributed by atoms with Crippen LogP contribution in [0.15, 0.2) is 52.0 Å². The molecule has 6 heteroatoms. The first kappa shape index (κ1) is 16.3. The summed E-state index contributed by atoms with van der Waals surface area (Å²) in [6, 6.07) is 12.8. The molecule has 0 saturated carbocycles. The lowest BCUT2D eigenvalue weighted by Crippen LogP contribution is -2.19. The first-order chi connectivity index (χ1) is 11.4. The van der Waals surface area contributed by atoms with Gasteiger partial charge in [0.2, 0.25) is 0 Å². The van der Waals surface area contributed by atoms with E-state index in [-0.39, 0.29) is 11.3 Å². The number of phenolic OH excluding ortho intramolecular Hbond substituents is 1. The first-order valence-electron chi connectivity index (χ1n) is 7.37. The van der Waals surface area contributed by atoms with Crippen LogP contribution in [0, 0.1) is 6.92 Å². The quantitative estimate of drug-likeness (QED) is 0.468. The summed E-state index contributed by atoms with van der Waals surface area (Å²) in [4.78, 5) is 15.4. The molecule has 0 spiro atoms.